The Bertz CT molecular complexity index is 1100. The lowest BCUT2D eigenvalue weighted by atomic mass is 10.2. The number of anilines is 2. The Hall–Kier alpha value is -3.40. The average molecular weight is 430 g/mol. The van der Waals surface area contributed by atoms with Crippen molar-refractivity contribution in [2.24, 2.45) is 0 Å². The first kappa shape index (κ1) is 21.3. The Balaban J connectivity index is 1.79. The second kappa shape index (κ2) is 9.40. The van der Waals surface area contributed by atoms with Crippen molar-refractivity contribution in [2.45, 2.75) is 17.8 Å². The molecule has 0 atom stereocenters. The van der Waals surface area contributed by atoms with Gasteiger partial charge in [-0.3, -0.25) is 4.79 Å². The highest BCUT2D eigenvalue weighted by Gasteiger charge is 2.14. The van der Waals surface area contributed by atoms with E-state index in [0.29, 0.717) is 28.7 Å². The molecule has 0 fully saturated rings. The summed E-state index contributed by atoms with van der Waals surface area (Å²) in [4.78, 5) is 12.7. The summed E-state index contributed by atoms with van der Waals surface area (Å²) in [5.41, 5.74) is 2.07. The van der Waals surface area contributed by atoms with E-state index in [4.69, 9.17) is 20.1 Å². The summed E-state index contributed by atoms with van der Waals surface area (Å²) in [5.74, 6) is 8.34. The minimum absolute atomic E-state index is 0.0110. The van der Waals surface area contributed by atoms with E-state index in [9.17, 15) is 4.79 Å². The van der Waals surface area contributed by atoms with Crippen LogP contribution in [0, 0.1) is 6.92 Å². The Morgan fingerprint density at radius 1 is 1.00 bits per heavy atom. The maximum atomic E-state index is 12.7. The van der Waals surface area contributed by atoms with Crippen molar-refractivity contribution in [3.63, 3.8) is 0 Å². The largest absolute Gasteiger partial charge is 0.495 e. The second-order valence-electron chi connectivity index (χ2n) is 6.31. The molecule has 0 unspecified atom stereocenters. The summed E-state index contributed by atoms with van der Waals surface area (Å²) >= 11 is 1.29. The van der Waals surface area contributed by atoms with Crippen LogP contribution in [-0.4, -0.2) is 36.2 Å². The number of nitrogens with two attached hydrogens (primary N) is 1. The molecule has 2 aromatic carbocycles. The summed E-state index contributed by atoms with van der Waals surface area (Å²) in [7, 11) is 4.71. The number of nitrogens with zero attached hydrogens (tertiary/aromatic N) is 3. The fourth-order valence-electron chi connectivity index (χ4n) is 2.73. The van der Waals surface area contributed by atoms with E-state index in [1.165, 1.54) is 11.8 Å². The molecule has 3 aromatic rings. The number of thioether (sulfide) groups is 1. The van der Waals surface area contributed by atoms with Gasteiger partial charge in [0.1, 0.15) is 5.75 Å². The Labute approximate surface area is 178 Å². The van der Waals surface area contributed by atoms with Crippen LogP contribution in [0.1, 0.15) is 11.1 Å². The van der Waals surface area contributed by atoms with Gasteiger partial charge in [-0.25, -0.2) is 0 Å². The lowest BCUT2D eigenvalue weighted by Gasteiger charge is -2.12. The van der Waals surface area contributed by atoms with E-state index in [1.807, 2.05) is 37.3 Å². The molecule has 3 N–H and O–H groups in total. The number of hydrogen-bond donors (Lipinski definition) is 2. The van der Waals surface area contributed by atoms with Gasteiger partial charge < -0.3 is 25.4 Å². The van der Waals surface area contributed by atoms with E-state index in [2.05, 4.69) is 15.5 Å². The van der Waals surface area contributed by atoms with Gasteiger partial charge in [0, 0.05) is 5.75 Å². The van der Waals surface area contributed by atoms with Crippen molar-refractivity contribution >= 4 is 23.3 Å². The first-order chi connectivity index (χ1) is 14.5. The first-order valence-corrected chi connectivity index (χ1v) is 9.95. The van der Waals surface area contributed by atoms with Crippen LogP contribution in [0.4, 0.5) is 11.5 Å². The number of benzene rings is 2. The topological polar surface area (TPSA) is 114 Å². The molecular weight excluding hydrogens is 406 g/mol. The monoisotopic (exact) mass is 429 g/mol. The van der Waals surface area contributed by atoms with E-state index in [-0.39, 0.29) is 11.0 Å². The van der Waals surface area contributed by atoms with Gasteiger partial charge in [0.15, 0.2) is 11.5 Å². The van der Waals surface area contributed by atoms with E-state index >= 15 is 0 Å². The summed E-state index contributed by atoms with van der Waals surface area (Å²) in [6, 6.07) is 11.1. The lowest BCUT2D eigenvalue weighted by Crippen LogP contribution is -2.32. The van der Waals surface area contributed by atoms with Gasteiger partial charge in [0.05, 0.1) is 27.0 Å². The zero-order chi connectivity index (χ0) is 21.7. The Kier molecular flexibility index (Phi) is 6.68. The van der Waals surface area contributed by atoms with Crippen molar-refractivity contribution in [2.75, 3.05) is 32.5 Å². The van der Waals surface area contributed by atoms with E-state index in [1.54, 1.807) is 27.4 Å². The molecule has 30 heavy (non-hydrogen) atoms. The van der Waals surface area contributed by atoms with Gasteiger partial charge in [-0.15, -0.1) is 10.2 Å². The predicted octanol–water partition coefficient (Wildman–Crippen LogP) is 2.72. The number of aryl methyl sites for hydroxylation is 1. The van der Waals surface area contributed by atoms with Gasteiger partial charge >= 0.3 is 5.56 Å². The SMILES string of the molecule is COc1ccc(C)cc1Nc1nnc(SCc2ccc(OC)c(OC)c2)n(N)c1=O. The minimum Gasteiger partial charge on any atom is -0.495 e. The van der Waals surface area contributed by atoms with Crippen LogP contribution in [0.15, 0.2) is 46.3 Å². The highest BCUT2D eigenvalue weighted by atomic mass is 32.2. The third kappa shape index (κ3) is 4.60. The van der Waals surface area contributed by atoms with Gasteiger partial charge in [-0.1, -0.05) is 23.9 Å². The summed E-state index contributed by atoms with van der Waals surface area (Å²) < 4.78 is 16.8. The molecule has 0 aliphatic heterocycles. The minimum atomic E-state index is -0.497. The Morgan fingerprint density at radius 3 is 2.40 bits per heavy atom. The Morgan fingerprint density at radius 2 is 1.70 bits per heavy atom. The van der Waals surface area contributed by atoms with Crippen molar-refractivity contribution < 1.29 is 14.2 Å². The zero-order valence-electron chi connectivity index (χ0n) is 17.1. The molecule has 0 aliphatic rings. The molecule has 0 aliphatic carbocycles. The number of ether oxygens (including phenoxy) is 3. The van der Waals surface area contributed by atoms with Crippen LogP contribution in [-0.2, 0) is 5.75 Å². The highest BCUT2D eigenvalue weighted by molar-refractivity contribution is 7.98. The predicted molar refractivity (Wildman–Crippen MR) is 117 cm³/mol. The molecule has 158 valence electrons. The fraction of sp³-hybridized carbons (Fsp3) is 0.250. The van der Waals surface area contributed by atoms with Gasteiger partial charge in [0.25, 0.3) is 0 Å². The maximum Gasteiger partial charge on any atom is 0.315 e. The second-order valence-corrected chi connectivity index (χ2v) is 7.26. The molecule has 9 nitrogen and oxygen atoms in total. The number of nitrogens with one attached hydrogen (secondary N) is 1. The maximum absolute atomic E-state index is 12.7. The molecule has 0 spiro atoms. The number of rotatable bonds is 8. The quantitative estimate of drug-likeness (QED) is 0.412. The van der Waals surface area contributed by atoms with Crippen LogP contribution in [0.2, 0.25) is 0 Å². The third-order valence-electron chi connectivity index (χ3n) is 4.29. The van der Waals surface area contributed by atoms with Crippen molar-refractivity contribution in [3.8, 4) is 17.2 Å². The van der Waals surface area contributed by atoms with Crippen molar-refractivity contribution in [1.29, 1.82) is 0 Å². The molecule has 0 amide bonds. The molecule has 0 bridgehead atoms. The molecule has 0 radical (unpaired) electrons. The zero-order valence-corrected chi connectivity index (χ0v) is 17.9. The highest BCUT2D eigenvalue weighted by Crippen LogP contribution is 2.30. The van der Waals surface area contributed by atoms with Crippen molar-refractivity contribution in [1.82, 2.24) is 14.9 Å². The summed E-state index contributed by atoms with van der Waals surface area (Å²) in [5, 5.41) is 11.4. The standard InChI is InChI=1S/C20H23N5O4S/c1-12-5-7-15(27-2)14(9-12)22-18-19(26)25(21)20(24-23-18)30-11-13-6-8-16(28-3)17(10-13)29-4/h5-10H,11,21H2,1-4H3,(H,22,23). The number of aromatic nitrogens is 3. The summed E-state index contributed by atoms with van der Waals surface area (Å²) in [6.07, 6.45) is 0. The van der Waals surface area contributed by atoms with Crippen LogP contribution in [0.3, 0.4) is 0 Å². The number of methoxy groups -OCH3 is 3. The van der Waals surface area contributed by atoms with Crippen LogP contribution in [0.5, 0.6) is 17.2 Å². The molecule has 0 saturated heterocycles. The van der Waals surface area contributed by atoms with Crippen LogP contribution < -0.4 is 30.9 Å². The van der Waals surface area contributed by atoms with E-state index < -0.39 is 5.56 Å². The van der Waals surface area contributed by atoms with Crippen molar-refractivity contribution in [3.05, 3.63) is 57.9 Å². The number of nitrogen functional groups attached to an aromatic ring is 1. The fourth-order valence-corrected chi connectivity index (χ4v) is 3.52. The third-order valence-corrected chi connectivity index (χ3v) is 5.30. The molecule has 10 heteroatoms. The molecular formula is C20H23N5O4S. The van der Waals surface area contributed by atoms with Crippen LogP contribution >= 0.6 is 11.8 Å². The van der Waals surface area contributed by atoms with E-state index in [0.717, 1.165) is 15.8 Å². The van der Waals surface area contributed by atoms with Crippen LogP contribution in [0.25, 0.3) is 0 Å². The first-order valence-electron chi connectivity index (χ1n) is 8.97. The van der Waals surface area contributed by atoms with Gasteiger partial charge in [-0.2, -0.15) is 4.68 Å². The summed E-state index contributed by atoms with van der Waals surface area (Å²) in [6.45, 7) is 1.94. The average Bonchev–Trinajstić information content (AvgIpc) is 2.76. The molecule has 1 aromatic heterocycles. The molecule has 0 saturated carbocycles. The smallest absolute Gasteiger partial charge is 0.315 e. The normalized spacial score (nSPS) is 10.5. The molecule has 1 heterocycles. The molecule has 3 rings (SSSR count). The van der Waals surface area contributed by atoms with Gasteiger partial charge in [-0.05, 0) is 42.3 Å². The van der Waals surface area contributed by atoms with Gasteiger partial charge in [0.2, 0.25) is 11.0 Å². The number of hydrogen-bond acceptors (Lipinski definition) is 9. The lowest BCUT2D eigenvalue weighted by molar-refractivity contribution is 0.354.